The summed E-state index contributed by atoms with van der Waals surface area (Å²) in [4.78, 5) is 59.3. The minimum Gasteiger partial charge on any atom is -0.463 e. The molecule has 0 saturated carbocycles. The smallest absolute Gasteiger partial charge is 0.408 e. The topological polar surface area (TPSA) is 190 Å². The zero-order valence-corrected chi connectivity index (χ0v) is 21.9. The van der Waals surface area contributed by atoms with Crippen LogP contribution in [0.15, 0.2) is 41.5 Å². The number of esters is 2. The van der Waals surface area contributed by atoms with E-state index in [1.807, 2.05) is 30.3 Å². The van der Waals surface area contributed by atoms with E-state index in [0.29, 0.717) is 0 Å². The van der Waals surface area contributed by atoms with Crippen LogP contribution in [0.5, 0.6) is 0 Å². The number of rotatable bonds is 13. The number of nitrogens with two attached hydrogens (primary N) is 1. The lowest BCUT2D eigenvalue weighted by Crippen LogP contribution is -2.46. The first-order valence-corrected chi connectivity index (χ1v) is 12.3. The van der Waals surface area contributed by atoms with Crippen LogP contribution in [0.2, 0.25) is 0 Å². The van der Waals surface area contributed by atoms with E-state index in [-0.39, 0.29) is 56.0 Å². The predicted molar refractivity (Wildman–Crippen MR) is 138 cm³/mol. The SMILES string of the molecule is CCC(=O)OCC(COC(=O)[C@@H](NC(=O)OCc1ccccc1)C(C)C)OCn1cnc2c(=O)[nH]c(N)nc21. The van der Waals surface area contributed by atoms with Crippen molar-refractivity contribution in [1.82, 2.24) is 24.8 Å². The first kappa shape index (κ1) is 29.1. The summed E-state index contributed by atoms with van der Waals surface area (Å²) in [5.41, 5.74) is 6.17. The molecule has 3 aromatic rings. The number of ether oxygens (including phenoxy) is 4. The van der Waals surface area contributed by atoms with E-state index in [9.17, 15) is 19.2 Å². The summed E-state index contributed by atoms with van der Waals surface area (Å²) in [7, 11) is 0. The number of anilines is 1. The number of nitrogens with zero attached hydrogens (tertiary/aromatic N) is 3. The number of amides is 1. The van der Waals surface area contributed by atoms with Gasteiger partial charge in [0.25, 0.3) is 5.56 Å². The first-order valence-electron chi connectivity index (χ1n) is 12.3. The molecule has 14 nitrogen and oxygen atoms in total. The van der Waals surface area contributed by atoms with Crippen molar-refractivity contribution < 1.29 is 33.3 Å². The Kier molecular flexibility index (Phi) is 10.4. The van der Waals surface area contributed by atoms with Crippen LogP contribution in [0.4, 0.5) is 10.7 Å². The molecule has 0 spiro atoms. The van der Waals surface area contributed by atoms with Crippen molar-refractivity contribution in [3.8, 4) is 0 Å². The van der Waals surface area contributed by atoms with Gasteiger partial charge in [-0.15, -0.1) is 0 Å². The van der Waals surface area contributed by atoms with Gasteiger partial charge in [0.15, 0.2) is 11.2 Å². The Morgan fingerprint density at radius 3 is 2.51 bits per heavy atom. The number of imidazole rings is 1. The highest BCUT2D eigenvalue weighted by atomic mass is 16.6. The maximum atomic E-state index is 12.8. The number of benzene rings is 1. The molecule has 0 radical (unpaired) electrons. The normalized spacial score (nSPS) is 12.6. The van der Waals surface area contributed by atoms with Crippen LogP contribution in [-0.2, 0) is 41.9 Å². The third-order valence-electron chi connectivity index (χ3n) is 5.48. The van der Waals surface area contributed by atoms with E-state index >= 15 is 0 Å². The summed E-state index contributed by atoms with van der Waals surface area (Å²) in [6.45, 7) is 4.51. The van der Waals surface area contributed by atoms with E-state index in [1.165, 1.54) is 10.9 Å². The fourth-order valence-corrected chi connectivity index (χ4v) is 3.34. The molecule has 0 aliphatic rings. The maximum Gasteiger partial charge on any atom is 0.408 e. The molecule has 1 aromatic carbocycles. The second-order valence-electron chi connectivity index (χ2n) is 8.85. The Morgan fingerprint density at radius 2 is 1.82 bits per heavy atom. The van der Waals surface area contributed by atoms with Gasteiger partial charge in [0.1, 0.15) is 38.7 Å². The van der Waals surface area contributed by atoms with Crippen LogP contribution in [-0.4, -0.2) is 62.9 Å². The summed E-state index contributed by atoms with van der Waals surface area (Å²) in [6, 6.07) is 8.11. The monoisotopic (exact) mass is 544 g/mol. The summed E-state index contributed by atoms with van der Waals surface area (Å²) in [5.74, 6) is -1.59. The average Bonchev–Trinajstić information content (AvgIpc) is 3.33. The first-order chi connectivity index (χ1) is 18.7. The fraction of sp³-hybridized carbons (Fsp3) is 0.440. The molecular formula is C25H32N6O8. The number of alkyl carbamates (subject to hydrolysis) is 1. The van der Waals surface area contributed by atoms with Gasteiger partial charge in [-0.3, -0.25) is 19.1 Å². The van der Waals surface area contributed by atoms with E-state index in [0.717, 1.165) is 5.56 Å². The van der Waals surface area contributed by atoms with Gasteiger partial charge in [0, 0.05) is 6.42 Å². The van der Waals surface area contributed by atoms with Gasteiger partial charge < -0.3 is 30.0 Å². The highest BCUT2D eigenvalue weighted by Crippen LogP contribution is 2.10. The Balaban J connectivity index is 1.60. The molecular weight excluding hydrogens is 512 g/mol. The third kappa shape index (κ3) is 8.53. The molecule has 2 heterocycles. The number of aromatic nitrogens is 4. The lowest BCUT2D eigenvalue weighted by molar-refractivity contribution is -0.159. The lowest BCUT2D eigenvalue weighted by Gasteiger charge is -2.23. The number of fused-ring (bicyclic) bond motifs is 1. The summed E-state index contributed by atoms with van der Waals surface area (Å²) in [5, 5.41) is 2.53. The standard InChI is InChI=1S/C25H32N6O8/c1-4-18(32)36-11-17(39-14-31-13-27-20-21(31)29-24(26)30-22(20)33)12-37-23(34)19(15(2)3)28-25(35)38-10-16-8-6-5-7-9-16/h5-9,13,15,17,19H,4,10-12,14H2,1-3H3,(H,28,35)(H3,26,29,30,33)/t17?,19-/m0/s1. The second-order valence-corrected chi connectivity index (χ2v) is 8.85. The Hall–Kier alpha value is -4.46. The number of hydrogen-bond acceptors (Lipinski definition) is 11. The zero-order chi connectivity index (χ0) is 28.4. The van der Waals surface area contributed by atoms with Gasteiger partial charge in [-0.2, -0.15) is 4.98 Å². The molecule has 0 aliphatic heterocycles. The largest absolute Gasteiger partial charge is 0.463 e. The van der Waals surface area contributed by atoms with Crippen molar-refractivity contribution >= 4 is 35.1 Å². The van der Waals surface area contributed by atoms with Gasteiger partial charge in [-0.1, -0.05) is 51.1 Å². The predicted octanol–water partition coefficient (Wildman–Crippen LogP) is 1.49. The fourth-order valence-electron chi connectivity index (χ4n) is 3.34. The van der Waals surface area contributed by atoms with Crippen LogP contribution in [0.3, 0.4) is 0 Å². The van der Waals surface area contributed by atoms with Gasteiger partial charge >= 0.3 is 18.0 Å². The van der Waals surface area contributed by atoms with Crippen molar-refractivity contribution in [3.63, 3.8) is 0 Å². The van der Waals surface area contributed by atoms with Crippen molar-refractivity contribution in [2.24, 2.45) is 5.92 Å². The third-order valence-corrected chi connectivity index (χ3v) is 5.48. The van der Waals surface area contributed by atoms with E-state index in [2.05, 4.69) is 20.3 Å². The highest BCUT2D eigenvalue weighted by Gasteiger charge is 2.28. The molecule has 0 aliphatic carbocycles. The van der Waals surface area contributed by atoms with Gasteiger partial charge in [0.05, 0.1) is 6.33 Å². The molecule has 0 fully saturated rings. The molecule has 4 N–H and O–H groups in total. The average molecular weight is 545 g/mol. The molecule has 39 heavy (non-hydrogen) atoms. The molecule has 2 atom stereocenters. The van der Waals surface area contributed by atoms with Crippen LogP contribution in [0, 0.1) is 5.92 Å². The molecule has 14 heteroatoms. The lowest BCUT2D eigenvalue weighted by atomic mass is 10.1. The van der Waals surface area contributed by atoms with Gasteiger partial charge in [0.2, 0.25) is 5.95 Å². The summed E-state index contributed by atoms with van der Waals surface area (Å²) >= 11 is 0. The summed E-state index contributed by atoms with van der Waals surface area (Å²) in [6.07, 6.45) is -0.158. The molecule has 0 saturated heterocycles. The van der Waals surface area contributed by atoms with Gasteiger partial charge in [-0.05, 0) is 11.5 Å². The van der Waals surface area contributed by atoms with Crippen LogP contribution < -0.4 is 16.6 Å². The van der Waals surface area contributed by atoms with E-state index in [1.54, 1.807) is 20.8 Å². The molecule has 0 bridgehead atoms. The molecule has 210 valence electrons. The number of nitrogens with one attached hydrogen (secondary N) is 2. The molecule has 1 unspecified atom stereocenters. The highest BCUT2D eigenvalue weighted by molar-refractivity contribution is 5.81. The van der Waals surface area contributed by atoms with Crippen molar-refractivity contribution in [2.45, 2.75) is 52.7 Å². The zero-order valence-electron chi connectivity index (χ0n) is 21.9. The van der Waals surface area contributed by atoms with Crippen molar-refractivity contribution in [2.75, 3.05) is 18.9 Å². The summed E-state index contributed by atoms with van der Waals surface area (Å²) < 4.78 is 23.0. The minimum atomic E-state index is -0.997. The molecule has 3 rings (SSSR count). The molecule has 2 aromatic heterocycles. The van der Waals surface area contributed by atoms with Crippen LogP contribution >= 0.6 is 0 Å². The Bertz CT molecular complexity index is 1320. The number of carbonyl (C=O) groups excluding carboxylic acids is 3. The Morgan fingerprint density at radius 1 is 1.10 bits per heavy atom. The van der Waals surface area contributed by atoms with E-state index in [4.69, 9.17) is 24.7 Å². The van der Waals surface area contributed by atoms with E-state index < -0.39 is 35.7 Å². The Labute approximate surface area is 223 Å². The minimum absolute atomic E-state index is 0.0422. The van der Waals surface area contributed by atoms with Crippen LogP contribution in [0.25, 0.3) is 11.2 Å². The number of aromatic amines is 1. The number of nitrogen functional groups attached to an aromatic ring is 1. The van der Waals surface area contributed by atoms with Gasteiger partial charge in [-0.25, -0.2) is 14.6 Å². The van der Waals surface area contributed by atoms with Crippen molar-refractivity contribution in [3.05, 3.63) is 52.6 Å². The number of hydrogen-bond donors (Lipinski definition) is 3. The quantitative estimate of drug-likeness (QED) is 0.209. The van der Waals surface area contributed by atoms with Crippen molar-refractivity contribution in [1.29, 1.82) is 0 Å². The maximum absolute atomic E-state index is 12.8. The molecule has 1 amide bonds. The van der Waals surface area contributed by atoms with Crippen LogP contribution in [0.1, 0.15) is 32.8 Å². The number of H-pyrrole nitrogens is 1. The number of carbonyl (C=O) groups is 3. The second kappa shape index (κ2) is 13.9.